The first-order chi connectivity index (χ1) is 17.6. The van der Waals surface area contributed by atoms with Crippen LogP contribution in [0.25, 0.3) is 22.0 Å². The van der Waals surface area contributed by atoms with Crippen molar-refractivity contribution in [2.45, 2.75) is 19.4 Å². The lowest BCUT2D eigenvalue weighted by Gasteiger charge is -2.24. The number of aryl methyl sites for hydroxylation is 1. The number of fused-ring (bicyclic) bond motifs is 1. The van der Waals surface area contributed by atoms with Crippen molar-refractivity contribution in [1.82, 2.24) is 4.98 Å². The van der Waals surface area contributed by atoms with Crippen LogP contribution in [0.15, 0.2) is 108 Å². The lowest BCUT2D eigenvalue weighted by atomic mass is 9.89. The monoisotopic (exact) mass is 491 g/mol. The number of hydrogen-bond acceptors (Lipinski definition) is 3. The van der Waals surface area contributed by atoms with Crippen molar-refractivity contribution in [3.8, 4) is 11.1 Å². The summed E-state index contributed by atoms with van der Waals surface area (Å²) in [7, 11) is 0. The summed E-state index contributed by atoms with van der Waals surface area (Å²) < 4.78 is 13.7. The van der Waals surface area contributed by atoms with Crippen molar-refractivity contribution in [3.05, 3.63) is 131 Å². The molecule has 0 bridgehead atoms. The van der Waals surface area contributed by atoms with E-state index in [2.05, 4.69) is 12.1 Å². The summed E-state index contributed by atoms with van der Waals surface area (Å²) >= 11 is 6.45. The highest BCUT2D eigenvalue weighted by Crippen LogP contribution is 2.41. The van der Waals surface area contributed by atoms with Crippen molar-refractivity contribution in [1.29, 1.82) is 0 Å². The predicted octanol–water partition coefficient (Wildman–Crippen LogP) is 8.36. The molecule has 2 heterocycles. The molecule has 176 valence electrons. The molecule has 4 aromatic carbocycles. The molecule has 5 aromatic rings. The molecule has 0 aliphatic carbocycles. The molecule has 0 amide bonds. The molecule has 0 spiro atoms. The van der Waals surface area contributed by atoms with Crippen LogP contribution in [0.2, 0.25) is 5.02 Å². The first kappa shape index (κ1) is 22.4. The highest BCUT2D eigenvalue weighted by molar-refractivity contribution is 6.31. The first-order valence-electron chi connectivity index (χ1n) is 11.9. The summed E-state index contributed by atoms with van der Waals surface area (Å²) in [5.41, 5.74) is 7.92. The summed E-state index contributed by atoms with van der Waals surface area (Å²) in [6, 6.07) is 32.9. The van der Waals surface area contributed by atoms with E-state index in [9.17, 15) is 4.39 Å². The fraction of sp³-hybridized carbons (Fsp3) is 0.0968. The number of anilines is 1. The lowest BCUT2D eigenvalue weighted by molar-refractivity contribution is 0.624. The molecule has 0 unspecified atom stereocenters. The topological polar surface area (TPSA) is 28.5 Å². The molecule has 0 N–H and O–H groups in total. The van der Waals surface area contributed by atoms with Crippen molar-refractivity contribution >= 4 is 33.9 Å². The van der Waals surface area contributed by atoms with Crippen LogP contribution in [0.1, 0.15) is 29.3 Å². The summed E-state index contributed by atoms with van der Waals surface area (Å²) in [6.07, 6.45) is 0.662. The molecule has 5 heteroatoms. The van der Waals surface area contributed by atoms with E-state index in [1.807, 2.05) is 90.8 Å². The van der Waals surface area contributed by atoms with Crippen molar-refractivity contribution < 1.29 is 4.39 Å². The molecule has 0 saturated heterocycles. The minimum absolute atomic E-state index is 0.0684. The smallest absolute Gasteiger partial charge is 0.123 e. The van der Waals surface area contributed by atoms with Crippen LogP contribution in [0.5, 0.6) is 0 Å². The van der Waals surface area contributed by atoms with Gasteiger partial charge in [0.1, 0.15) is 5.82 Å². The van der Waals surface area contributed by atoms with Gasteiger partial charge < -0.3 is 0 Å². The quantitative estimate of drug-likeness (QED) is 0.252. The Kier molecular flexibility index (Phi) is 5.74. The van der Waals surface area contributed by atoms with E-state index in [-0.39, 0.29) is 11.9 Å². The molecule has 1 atom stereocenters. The van der Waals surface area contributed by atoms with Gasteiger partial charge in [0.25, 0.3) is 0 Å². The number of hydrazone groups is 1. The molecular weight excluding hydrogens is 469 g/mol. The zero-order chi connectivity index (χ0) is 24.6. The molecule has 1 aliphatic heterocycles. The van der Waals surface area contributed by atoms with E-state index >= 15 is 0 Å². The second-order valence-electron chi connectivity index (χ2n) is 8.97. The van der Waals surface area contributed by atoms with Gasteiger partial charge >= 0.3 is 0 Å². The van der Waals surface area contributed by atoms with E-state index < -0.39 is 0 Å². The number of rotatable bonds is 4. The van der Waals surface area contributed by atoms with Gasteiger partial charge in [-0.3, -0.25) is 9.99 Å². The van der Waals surface area contributed by atoms with Crippen LogP contribution in [-0.2, 0) is 0 Å². The maximum atomic E-state index is 13.7. The summed E-state index contributed by atoms with van der Waals surface area (Å²) in [6.45, 7) is 2.04. The summed E-state index contributed by atoms with van der Waals surface area (Å²) in [5, 5.41) is 8.87. The van der Waals surface area contributed by atoms with Gasteiger partial charge in [0.15, 0.2) is 0 Å². The Bertz CT molecular complexity index is 1580. The molecule has 0 saturated carbocycles. The normalized spacial score (nSPS) is 15.4. The fourth-order valence-corrected chi connectivity index (χ4v) is 5.21. The third kappa shape index (κ3) is 4.04. The molecule has 1 aromatic heterocycles. The Morgan fingerprint density at radius 2 is 1.53 bits per heavy atom. The van der Waals surface area contributed by atoms with Crippen LogP contribution < -0.4 is 5.01 Å². The number of nitrogens with zero attached hydrogens (tertiary/aromatic N) is 3. The number of pyridine rings is 1. The second-order valence-corrected chi connectivity index (χ2v) is 9.41. The van der Waals surface area contributed by atoms with Gasteiger partial charge in [0.05, 0.1) is 23.0 Å². The number of hydrogen-bond donors (Lipinski definition) is 0. The van der Waals surface area contributed by atoms with Crippen LogP contribution in [0.4, 0.5) is 10.1 Å². The minimum Gasteiger partial charge on any atom is -0.257 e. The third-order valence-electron chi connectivity index (χ3n) is 6.66. The van der Waals surface area contributed by atoms with E-state index in [0.29, 0.717) is 11.4 Å². The van der Waals surface area contributed by atoms with Gasteiger partial charge in [-0.05, 0) is 60.5 Å². The van der Waals surface area contributed by atoms with Crippen molar-refractivity contribution in [2.75, 3.05) is 5.01 Å². The number of halogens is 2. The maximum Gasteiger partial charge on any atom is 0.123 e. The van der Waals surface area contributed by atoms with Crippen LogP contribution in [0, 0.1) is 12.7 Å². The summed E-state index contributed by atoms with van der Waals surface area (Å²) in [4.78, 5) is 4.95. The molecule has 3 nitrogen and oxygen atoms in total. The number of benzene rings is 4. The lowest BCUT2D eigenvalue weighted by Crippen LogP contribution is -2.18. The van der Waals surface area contributed by atoms with Gasteiger partial charge in [-0.2, -0.15) is 5.10 Å². The standard InChI is InChI=1S/C31H23ClFN3/c1-20-30(31(22-8-4-2-5-9-22)26-18-23(32)14-17-27(26)34-20)28-19-29(21-12-15-24(33)16-13-21)36(35-28)25-10-6-3-7-11-25/h2-18,29H,19H2,1H3/t29-/m0/s1. The number of aromatic nitrogens is 1. The van der Waals surface area contributed by atoms with Crippen molar-refractivity contribution in [2.24, 2.45) is 5.10 Å². The Balaban J connectivity index is 1.58. The average molecular weight is 492 g/mol. The van der Waals surface area contributed by atoms with E-state index in [1.54, 1.807) is 0 Å². The van der Waals surface area contributed by atoms with Gasteiger partial charge in [0, 0.05) is 33.7 Å². The Hall–Kier alpha value is -4.02. The third-order valence-corrected chi connectivity index (χ3v) is 6.90. The second kappa shape index (κ2) is 9.21. The zero-order valence-corrected chi connectivity index (χ0v) is 20.5. The van der Waals surface area contributed by atoms with Crippen molar-refractivity contribution in [3.63, 3.8) is 0 Å². The van der Waals surface area contributed by atoms with Gasteiger partial charge in [-0.25, -0.2) is 4.39 Å². The van der Waals surface area contributed by atoms with Crippen LogP contribution in [0.3, 0.4) is 0 Å². The maximum absolute atomic E-state index is 13.7. The van der Waals surface area contributed by atoms with Gasteiger partial charge in [-0.1, -0.05) is 72.3 Å². The minimum atomic E-state index is -0.248. The molecule has 36 heavy (non-hydrogen) atoms. The Morgan fingerprint density at radius 1 is 0.833 bits per heavy atom. The van der Waals surface area contributed by atoms with Crippen LogP contribution in [-0.4, -0.2) is 10.7 Å². The average Bonchev–Trinajstić information content (AvgIpc) is 3.34. The molecular formula is C31H23ClFN3. The van der Waals surface area contributed by atoms with E-state index in [1.165, 1.54) is 12.1 Å². The highest BCUT2D eigenvalue weighted by atomic mass is 35.5. The molecule has 6 rings (SSSR count). The largest absolute Gasteiger partial charge is 0.257 e. The molecule has 0 radical (unpaired) electrons. The zero-order valence-electron chi connectivity index (χ0n) is 19.7. The van der Waals surface area contributed by atoms with Crippen LogP contribution >= 0.6 is 11.6 Å². The fourth-order valence-electron chi connectivity index (χ4n) is 5.04. The molecule has 1 aliphatic rings. The predicted molar refractivity (Wildman–Crippen MR) is 146 cm³/mol. The Morgan fingerprint density at radius 3 is 2.25 bits per heavy atom. The highest BCUT2D eigenvalue weighted by Gasteiger charge is 2.32. The van der Waals surface area contributed by atoms with Gasteiger partial charge in [-0.15, -0.1) is 0 Å². The first-order valence-corrected chi connectivity index (χ1v) is 12.3. The Labute approximate surface area is 214 Å². The SMILES string of the molecule is Cc1nc2ccc(Cl)cc2c(-c2ccccc2)c1C1=NN(c2ccccc2)[C@H](c2ccc(F)cc2)C1. The number of para-hydroxylation sites is 1. The molecule has 0 fully saturated rings. The van der Waals surface area contributed by atoms with Gasteiger partial charge in [0.2, 0.25) is 0 Å². The van der Waals surface area contributed by atoms with E-state index in [4.69, 9.17) is 21.7 Å². The summed E-state index contributed by atoms with van der Waals surface area (Å²) in [5.74, 6) is -0.248. The van der Waals surface area contributed by atoms with E-state index in [0.717, 1.165) is 50.2 Å².